The van der Waals surface area contributed by atoms with Crippen LogP contribution in [0, 0.1) is 0 Å². The fourth-order valence-electron chi connectivity index (χ4n) is 1.35. The highest BCUT2D eigenvalue weighted by atomic mass is 35.5. The molecule has 1 saturated heterocycles. The number of carbonyl (C=O) groups is 2. The maximum absolute atomic E-state index is 10.8. The van der Waals surface area contributed by atoms with Gasteiger partial charge in [-0.2, -0.15) is 0 Å². The third-order valence-electron chi connectivity index (χ3n) is 1.92. The highest BCUT2D eigenvalue weighted by Crippen LogP contribution is 2.26. The highest BCUT2D eigenvalue weighted by Gasteiger charge is 2.37. The molecule has 0 radical (unpaired) electrons. The van der Waals surface area contributed by atoms with Crippen molar-refractivity contribution in [3.63, 3.8) is 0 Å². The van der Waals surface area contributed by atoms with Crippen LogP contribution in [0.2, 0.25) is 0 Å². The minimum Gasteiger partial charge on any atom is -0.463 e. The van der Waals surface area contributed by atoms with Gasteiger partial charge in [0, 0.05) is 20.3 Å². The Bertz CT molecular complexity index is 255. The van der Waals surface area contributed by atoms with Crippen molar-refractivity contribution in [1.82, 2.24) is 0 Å². The van der Waals surface area contributed by atoms with Gasteiger partial charge in [0.1, 0.15) is 24.4 Å². The highest BCUT2D eigenvalue weighted by molar-refractivity contribution is 6.19. The van der Waals surface area contributed by atoms with Gasteiger partial charge in [0.2, 0.25) is 0 Å². The molecule has 3 atom stereocenters. The summed E-state index contributed by atoms with van der Waals surface area (Å²) in [4.78, 5) is 21.4. The molecule has 0 aromatic heterocycles. The predicted octanol–water partition coefficient (Wildman–Crippen LogP) is 0.835. The summed E-state index contributed by atoms with van der Waals surface area (Å²) in [7, 11) is 0. The topological polar surface area (TPSA) is 61.8 Å². The fraction of sp³-hybridized carbons (Fsp3) is 0.778. The van der Waals surface area contributed by atoms with Gasteiger partial charge in [0.05, 0.1) is 0 Å². The molecule has 0 aliphatic carbocycles. The van der Waals surface area contributed by atoms with Crippen LogP contribution < -0.4 is 0 Å². The zero-order valence-electron chi connectivity index (χ0n) is 8.57. The molecule has 1 aliphatic heterocycles. The monoisotopic (exact) mass is 236 g/mol. The van der Waals surface area contributed by atoms with Gasteiger partial charge in [-0.25, -0.2) is 0 Å². The largest absolute Gasteiger partial charge is 0.463 e. The van der Waals surface area contributed by atoms with E-state index in [1.54, 1.807) is 0 Å². The Balaban J connectivity index is 2.45. The molecular weight excluding hydrogens is 224 g/mol. The standard InChI is InChI=1S/C9H13ClO5/c1-5(11)13-4-8-7(14-6(2)12)3-9(10)15-8/h7-9H,3-4H2,1-2H3/t7-,8+,9?/m0/s1. The van der Waals surface area contributed by atoms with Crippen molar-refractivity contribution in [1.29, 1.82) is 0 Å². The summed E-state index contributed by atoms with van der Waals surface area (Å²) in [5.74, 6) is -0.805. The van der Waals surface area contributed by atoms with Crippen LogP contribution in [0.4, 0.5) is 0 Å². The van der Waals surface area contributed by atoms with E-state index in [-0.39, 0.29) is 6.61 Å². The number of ether oxygens (including phenoxy) is 3. The van der Waals surface area contributed by atoms with E-state index < -0.39 is 29.7 Å². The Kier molecular flexibility index (Phi) is 4.35. The van der Waals surface area contributed by atoms with Gasteiger partial charge in [-0.1, -0.05) is 11.6 Å². The van der Waals surface area contributed by atoms with Crippen molar-refractivity contribution < 1.29 is 23.8 Å². The van der Waals surface area contributed by atoms with Crippen molar-refractivity contribution >= 4 is 23.5 Å². The lowest BCUT2D eigenvalue weighted by molar-refractivity contribution is -0.154. The average molecular weight is 237 g/mol. The molecule has 1 fully saturated rings. The van der Waals surface area contributed by atoms with E-state index >= 15 is 0 Å². The van der Waals surface area contributed by atoms with Gasteiger partial charge < -0.3 is 14.2 Å². The Morgan fingerprint density at radius 3 is 2.60 bits per heavy atom. The van der Waals surface area contributed by atoms with Gasteiger partial charge in [0.15, 0.2) is 0 Å². The number of alkyl halides is 1. The van der Waals surface area contributed by atoms with E-state index in [4.69, 9.17) is 25.8 Å². The first kappa shape index (κ1) is 12.3. The molecule has 86 valence electrons. The molecule has 0 spiro atoms. The maximum Gasteiger partial charge on any atom is 0.302 e. The van der Waals surface area contributed by atoms with Crippen molar-refractivity contribution in [3.8, 4) is 0 Å². The smallest absolute Gasteiger partial charge is 0.302 e. The van der Waals surface area contributed by atoms with Crippen molar-refractivity contribution in [2.24, 2.45) is 0 Å². The first-order valence-corrected chi connectivity index (χ1v) is 5.03. The molecule has 1 rings (SSSR count). The van der Waals surface area contributed by atoms with Crippen molar-refractivity contribution in [3.05, 3.63) is 0 Å². The molecule has 5 nitrogen and oxygen atoms in total. The normalized spacial score (nSPS) is 29.9. The first-order valence-electron chi connectivity index (χ1n) is 4.59. The summed E-state index contributed by atoms with van der Waals surface area (Å²) < 4.78 is 15.0. The van der Waals surface area contributed by atoms with Crippen molar-refractivity contribution in [2.75, 3.05) is 6.61 Å². The summed E-state index contributed by atoms with van der Waals surface area (Å²) in [6.45, 7) is 2.66. The van der Waals surface area contributed by atoms with Crippen LogP contribution in [0.25, 0.3) is 0 Å². The third kappa shape index (κ3) is 4.05. The fourth-order valence-corrected chi connectivity index (χ4v) is 1.66. The number of esters is 2. The lowest BCUT2D eigenvalue weighted by Gasteiger charge is -2.17. The Hall–Kier alpha value is -0.810. The minimum absolute atomic E-state index is 0.0521. The molecule has 1 aliphatic rings. The van der Waals surface area contributed by atoms with Gasteiger partial charge in [-0.15, -0.1) is 0 Å². The minimum atomic E-state index is -0.505. The molecule has 6 heteroatoms. The number of hydrogen-bond acceptors (Lipinski definition) is 5. The second-order valence-electron chi connectivity index (χ2n) is 3.27. The summed E-state index contributed by atoms with van der Waals surface area (Å²) in [6, 6.07) is 0. The number of hydrogen-bond donors (Lipinski definition) is 0. The van der Waals surface area contributed by atoms with Crippen LogP contribution in [-0.4, -0.2) is 36.3 Å². The quantitative estimate of drug-likeness (QED) is 0.537. The lowest BCUT2D eigenvalue weighted by atomic mass is 10.2. The van der Waals surface area contributed by atoms with Gasteiger partial charge in [0.25, 0.3) is 0 Å². The second kappa shape index (κ2) is 5.32. The third-order valence-corrected chi connectivity index (χ3v) is 2.20. The SMILES string of the molecule is CC(=O)OC[C@H]1OC(Cl)C[C@@H]1OC(C)=O. The summed E-state index contributed by atoms with van der Waals surface area (Å²) in [5, 5.41) is 0. The molecule has 1 unspecified atom stereocenters. The van der Waals surface area contributed by atoms with Gasteiger partial charge in [-0.3, -0.25) is 9.59 Å². The molecule has 0 aromatic carbocycles. The van der Waals surface area contributed by atoms with Gasteiger partial charge in [-0.05, 0) is 0 Å². The van der Waals surface area contributed by atoms with E-state index in [1.807, 2.05) is 0 Å². The van der Waals surface area contributed by atoms with E-state index in [0.717, 1.165) is 0 Å². The van der Waals surface area contributed by atoms with E-state index in [0.29, 0.717) is 6.42 Å². The van der Waals surface area contributed by atoms with E-state index in [9.17, 15) is 9.59 Å². The molecular formula is C9H13ClO5. The molecule has 0 amide bonds. The summed E-state index contributed by atoms with van der Waals surface area (Å²) in [5.41, 5.74) is -0.505. The predicted molar refractivity (Wildman–Crippen MR) is 51.3 cm³/mol. The molecule has 0 N–H and O–H groups in total. The number of rotatable bonds is 3. The maximum atomic E-state index is 10.8. The molecule has 1 heterocycles. The Morgan fingerprint density at radius 2 is 2.07 bits per heavy atom. The zero-order chi connectivity index (χ0) is 11.4. The first-order chi connectivity index (χ1) is 6.99. The number of halogens is 1. The Labute approximate surface area is 92.6 Å². The van der Waals surface area contributed by atoms with Crippen LogP contribution in [0.1, 0.15) is 20.3 Å². The van der Waals surface area contributed by atoms with Crippen LogP contribution in [-0.2, 0) is 23.8 Å². The second-order valence-corrected chi connectivity index (χ2v) is 3.76. The summed E-state index contributed by atoms with van der Waals surface area (Å²) >= 11 is 5.75. The van der Waals surface area contributed by atoms with Crippen LogP contribution >= 0.6 is 11.6 Å². The molecule has 0 aromatic rings. The lowest BCUT2D eigenvalue weighted by Crippen LogP contribution is -2.31. The average Bonchev–Trinajstić information content (AvgIpc) is 2.41. The van der Waals surface area contributed by atoms with Crippen LogP contribution in [0.3, 0.4) is 0 Å². The summed E-state index contributed by atoms with van der Waals surface area (Å²) in [6.07, 6.45) is -0.503. The van der Waals surface area contributed by atoms with Crippen LogP contribution in [0.15, 0.2) is 0 Å². The van der Waals surface area contributed by atoms with E-state index in [2.05, 4.69) is 0 Å². The molecule has 0 bridgehead atoms. The molecule has 0 saturated carbocycles. The molecule has 15 heavy (non-hydrogen) atoms. The zero-order valence-corrected chi connectivity index (χ0v) is 9.32. The van der Waals surface area contributed by atoms with Crippen molar-refractivity contribution in [2.45, 2.75) is 38.0 Å². The van der Waals surface area contributed by atoms with Crippen LogP contribution in [0.5, 0.6) is 0 Å². The van der Waals surface area contributed by atoms with E-state index in [1.165, 1.54) is 13.8 Å². The number of carbonyl (C=O) groups excluding carboxylic acids is 2. The van der Waals surface area contributed by atoms with Gasteiger partial charge >= 0.3 is 11.9 Å². The Morgan fingerprint density at radius 1 is 1.40 bits per heavy atom.